The molecule has 1 aromatic carbocycles. The van der Waals surface area contributed by atoms with E-state index in [-0.39, 0.29) is 17.5 Å². The molecule has 35 heavy (non-hydrogen) atoms. The van der Waals surface area contributed by atoms with Crippen LogP contribution in [0.2, 0.25) is 5.15 Å². The number of pyridine rings is 1. The SMILES string of the molecule is O=[N+]([O-])c1ncc(Br)cc1OCc1cc(F)ccc1-n1nc(Cl)cc1Cc1cn(CC2CC2)nn1. The van der Waals surface area contributed by atoms with Crippen molar-refractivity contribution in [3.8, 4) is 11.4 Å². The Morgan fingerprint density at radius 3 is 2.89 bits per heavy atom. The second-order valence-corrected chi connectivity index (χ2v) is 9.52. The molecule has 10 nitrogen and oxygen atoms in total. The summed E-state index contributed by atoms with van der Waals surface area (Å²) in [5, 5.41) is 24.4. The first-order valence-electron chi connectivity index (χ1n) is 10.7. The monoisotopic (exact) mass is 561 g/mol. The zero-order chi connectivity index (χ0) is 24.5. The Hall–Kier alpha value is -3.38. The van der Waals surface area contributed by atoms with Gasteiger partial charge in [0, 0.05) is 30.8 Å². The molecule has 5 rings (SSSR count). The minimum Gasteiger partial charge on any atom is -0.481 e. The molecule has 1 fully saturated rings. The van der Waals surface area contributed by atoms with Crippen LogP contribution in [0.5, 0.6) is 5.75 Å². The van der Waals surface area contributed by atoms with Crippen molar-refractivity contribution in [3.05, 3.63) is 85.2 Å². The third kappa shape index (κ3) is 5.49. The molecule has 0 atom stereocenters. The van der Waals surface area contributed by atoms with Crippen LogP contribution in [0, 0.1) is 21.8 Å². The third-order valence-corrected chi connectivity index (χ3v) is 6.09. The Morgan fingerprint density at radius 2 is 2.11 bits per heavy atom. The Morgan fingerprint density at radius 1 is 1.29 bits per heavy atom. The largest absolute Gasteiger partial charge is 0.481 e. The molecule has 1 aliphatic carbocycles. The first kappa shape index (κ1) is 23.4. The zero-order valence-corrected chi connectivity index (χ0v) is 20.5. The van der Waals surface area contributed by atoms with Crippen LogP contribution in [0.3, 0.4) is 0 Å². The van der Waals surface area contributed by atoms with Gasteiger partial charge in [0.2, 0.25) is 5.75 Å². The molecule has 13 heteroatoms. The fourth-order valence-corrected chi connectivity index (χ4v) is 4.18. The van der Waals surface area contributed by atoms with Crippen molar-refractivity contribution in [2.24, 2.45) is 5.92 Å². The van der Waals surface area contributed by atoms with Crippen LogP contribution < -0.4 is 4.74 Å². The number of nitrogens with zero attached hydrogens (tertiary/aromatic N) is 7. The van der Waals surface area contributed by atoms with Gasteiger partial charge in [-0.25, -0.2) is 9.07 Å². The number of aromatic nitrogens is 6. The predicted molar refractivity (Wildman–Crippen MR) is 127 cm³/mol. The maximum absolute atomic E-state index is 14.2. The van der Waals surface area contributed by atoms with Crippen molar-refractivity contribution in [1.82, 2.24) is 29.8 Å². The highest BCUT2D eigenvalue weighted by atomic mass is 79.9. The average Bonchev–Trinajstić information content (AvgIpc) is 3.40. The number of benzene rings is 1. The summed E-state index contributed by atoms with van der Waals surface area (Å²) >= 11 is 9.46. The molecular formula is C22H18BrClFN7O3. The number of rotatable bonds is 9. The molecule has 180 valence electrons. The summed E-state index contributed by atoms with van der Waals surface area (Å²) in [5.74, 6) is -0.312. The normalized spacial score (nSPS) is 13.2. The lowest BCUT2D eigenvalue weighted by molar-refractivity contribution is -0.390. The van der Waals surface area contributed by atoms with Gasteiger partial charge < -0.3 is 14.9 Å². The first-order chi connectivity index (χ1) is 16.9. The van der Waals surface area contributed by atoms with E-state index in [0.717, 1.165) is 17.9 Å². The van der Waals surface area contributed by atoms with E-state index in [4.69, 9.17) is 16.3 Å². The highest BCUT2D eigenvalue weighted by Gasteiger charge is 2.23. The van der Waals surface area contributed by atoms with E-state index in [2.05, 4.69) is 36.3 Å². The summed E-state index contributed by atoms with van der Waals surface area (Å²) in [6.07, 6.45) is 6.04. The van der Waals surface area contributed by atoms with Gasteiger partial charge in [0.15, 0.2) is 11.3 Å². The minimum absolute atomic E-state index is 0.0504. The third-order valence-electron chi connectivity index (χ3n) is 5.47. The number of nitro groups is 1. The summed E-state index contributed by atoms with van der Waals surface area (Å²) in [5.41, 5.74) is 2.40. The number of ether oxygens (including phenoxy) is 1. The van der Waals surface area contributed by atoms with E-state index >= 15 is 0 Å². The van der Waals surface area contributed by atoms with Crippen LogP contribution in [0.25, 0.3) is 5.69 Å². The highest BCUT2D eigenvalue weighted by molar-refractivity contribution is 9.10. The lowest BCUT2D eigenvalue weighted by Gasteiger charge is -2.13. The van der Waals surface area contributed by atoms with Crippen molar-refractivity contribution in [2.45, 2.75) is 32.4 Å². The van der Waals surface area contributed by atoms with Crippen molar-refractivity contribution in [2.75, 3.05) is 0 Å². The van der Waals surface area contributed by atoms with Crippen LogP contribution in [0.15, 0.2) is 47.2 Å². The van der Waals surface area contributed by atoms with Crippen LogP contribution >= 0.6 is 27.5 Å². The van der Waals surface area contributed by atoms with Crippen LogP contribution in [-0.2, 0) is 19.6 Å². The average molecular weight is 563 g/mol. The molecule has 3 heterocycles. The molecule has 0 aliphatic heterocycles. The van der Waals surface area contributed by atoms with Crippen LogP contribution in [0.4, 0.5) is 10.2 Å². The van der Waals surface area contributed by atoms with E-state index in [0.29, 0.717) is 28.1 Å². The topological polar surface area (TPSA) is 114 Å². The van der Waals surface area contributed by atoms with Crippen molar-refractivity contribution >= 4 is 33.3 Å². The van der Waals surface area contributed by atoms with E-state index in [1.165, 1.54) is 37.2 Å². The second kappa shape index (κ2) is 9.70. The Bertz CT molecular complexity index is 1410. The molecule has 0 amide bonds. The molecular weight excluding hydrogens is 545 g/mol. The Kier molecular flexibility index (Phi) is 6.48. The van der Waals surface area contributed by atoms with Gasteiger partial charge in [-0.2, -0.15) is 5.10 Å². The number of halogens is 3. The molecule has 0 bridgehead atoms. The molecule has 0 saturated heterocycles. The fraction of sp³-hybridized carbons (Fsp3) is 0.273. The van der Waals surface area contributed by atoms with Crippen molar-refractivity contribution < 1.29 is 14.1 Å². The highest BCUT2D eigenvalue weighted by Crippen LogP contribution is 2.31. The fourth-order valence-electron chi connectivity index (χ4n) is 3.67. The van der Waals surface area contributed by atoms with Gasteiger partial charge in [-0.1, -0.05) is 16.8 Å². The van der Waals surface area contributed by atoms with Crippen LogP contribution in [0.1, 0.15) is 29.8 Å². The summed E-state index contributed by atoms with van der Waals surface area (Å²) in [6, 6.07) is 7.28. The summed E-state index contributed by atoms with van der Waals surface area (Å²) in [4.78, 5) is 14.5. The first-order valence-corrected chi connectivity index (χ1v) is 11.9. The molecule has 0 unspecified atom stereocenters. The van der Waals surface area contributed by atoms with Gasteiger partial charge in [-0.3, -0.25) is 4.68 Å². The lowest BCUT2D eigenvalue weighted by Crippen LogP contribution is -2.09. The van der Waals surface area contributed by atoms with E-state index in [1.807, 2.05) is 10.9 Å². The van der Waals surface area contributed by atoms with Gasteiger partial charge in [0.05, 0.1) is 21.5 Å². The maximum Gasteiger partial charge on any atom is 0.406 e. The standard InChI is InChI=1S/C22H18BrClFN7O3/c23-15-6-20(22(26-9-15)32(33)34)35-12-14-5-16(25)3-4-19(14)31-18(8-21(24)28-31)7-17-11-30(29-27-17)10-13-1-2-13/h3-6,8-9,11,13H,1-2,7,10,12H2. The van der Waals surface area contributed by atoms with Gasteiger partial charge in [-0.05, 0) is 68.9 Å². The Labute approximate surface area is 212 Å². The maximum atomic E-state index is 14.2. The molecule has 3 aromatic heterocycles. The molecule has 1 saturated carbocycles. The molecule has 1 aliphatic rings. The Balaban J connectivity index is 1.43. The van der Waals surface area contributed by atoms with E-state index in [9.17, 15) is 14.5 Å². The van der Waals surface area contributed by atoms with E-state index < -0.39 is 16.6 Å². The summed E-state index contributed by atoms with van der Waals surface area (Å²) < 4.78 is 23.8. The summed E-state index contributed by atoms with van der Waals surface area (Å²) in [6.45, 7) is 0.684. The van der Waals surface area contributed by atoms with Crippen molar-refractivity contribution in [1.29, 1.82) is 0 Å². The molecule has 4 aromatic rings. The minimum atomic E-state index is -0.643. The van der Waals surface area contributed by atoms with Gasteiger partial charge in [0.1, 0.15) is 12.4 Å². The van der Waals surface area contributed by atoms with Gasteiger partial charge >= 0.3 is 5.82 Å². The number of hydrogen-bond donors (Lipinski definition) is 0. The molecule has 0 spiro atoms. The quantitative estimate of drug-likeness (QED) is 0.210. The predicted octanol–water partition coefficient (Wildman–Crippen LogP) is 4.90. The zero-order valence-electron chi connectivity index (χ0n) is 18.1. The molecule has 0 radical (unpaired) electrons. The van der Waals surface area contributed by atoms with Gasteiger partial charge in [-0.15, -0.1) is 5.10 Å². The van der Waals surface area contributed by atoms with Gasteiger partial charge in [0.25, 0.3) is 0 Å². The van der Waals surface area contributed by atoms with Crippen LogP contribution in [-0.4, -0.2) is 34.7 Å². The van der Waals surface area contributed by atoms with E-state index in [1.54, 1.807) is 16.8 Å². The summed E-state index contributed by atoms with van der Waals surface area (Å²) in [7, 11) is 0. The molecule has 0 N–H and O–H groups in total. The van der Waals surface area contributed by atoms with Crippen molar-refractivity contribution in [3.63, 3.8) is 0 Å². The smallest absolute Gasteiger partial charge is 0.406 e. The second-order valence-electron chi connectivity index (χ2n) is 8.22. The lowest BCUT2D eigenvalue weighted by atomic mass is 10.1. The number of hydrogen-bond acceptors (Lipinski definition) is 7.